The molecule has 36 heavy (non-hydrogen) atoms. The molecule has 184 valence electrons. The number of carbonyl (C=O) groups is 1. The van der Waals surface area contributed by atoms with Crippen molar-refractivity contribution >= 4 is 28.7 Å². The van der Waals surface area contributed by atoms with Crippen LogP contribution in [0, 0.1) is 12.8 Å². The Morgan fingerprint density at radius 2 is 1.47 bits per heavy atom. The van der Waals surface area contributed by atoms with E-state index in [2.05, 4.69) is 5.32 Å². The van der Waals surface area contributed by atoms with Crippen molar-refractivity contribution in [3.63, 3.8) is 0 Å². The van der Waals surface area contributed by atoms with Gasteiger partial charge in [0.05, 0.1) is 11.5 Å². The molecule has 5 rings (SSSR count). The number of benzene rings is 3. The molecule has 0 spiro atoms. The van der Waals surface area contributed by atoms with E-state index in [9.17, 15) is 18.0 Å². The zero-order valence-electron chi connectivity index (χ0n) is 19.3. The summed E-state index contributed by atoms with van der Waals surface area (Å²) in [5.74, 6) is -0.779. The summed E-state index contributed by atoms with van der Waals surface area (Å²) in [6.45, 7) is 1.96. The Balaban J connectivity index is 1.63. The van der Waals surface area contributed by atoms with Crippen LogP contribution in [-0.4, -0.2) is 5.78 Å². The maximum atomic E-state index is 14.1. The lowest BCUT2D eigenvalue weighted by Gasteiger charge is -2.24. The molecule has 1 saturated heterocycles. The van der Waals surface area contributed by atoms with Crippen LogP contribution in [0.25, 0.3) is 0 Å². The largest absolute Gasteiger partial charge is 0.416 e. The van der Waals surface area contributed by atoms with Gasteiger partial charge in [-0.3, -0.25) is 4.79 Å². The summed E-state index contributed by atoms with van der Waals surface area (Å²) in [4.78, 5) is 15.1. The van der Waals surface area contributed by atoms with Gasteiger partial charge in [0.25, 0.3) is 0 Å². The molecular weight excluding hydrogens is 503 g/mol. The molecule has 2 heterocycles. The molecule has 0 aliphatic carbocycles. The number of nitrogens with one attached hydrogen (secondary N) is 1. The van der Waals surface area contributed by atoms with Crippen molar-refractivity contribution in [3.05, 3.63) is 128 Å². The van der Waals surface area contributed by atoms with Crippen LogP contribution in [0.15, 0.2) is 90.3 Å². The number of thiophene rings is 1. The van der Waals surface area contributed by atoms with Crippen LogP contribution in [0.3, 0.4) is 0 Å². The second-order valence-electron chi connectivity index (χ2n) is 9.09. The molecule has 1 aliphatic rings. The molecule has 0 saturated carbocycles. The van der Waals surface area contributed by atoms with Crippen molar-refractivity contribution in [3.8, 4) is 0 Å². The van der Waals surface area contributed by atoms with Crippen LogP contribution in [0.5, 0.6) is 0 Å². The second-order valence-corrected chi connectivity index (χ2v) is 10.5. The van der Waals surface area contributed by atoms with Crippen molar-refractivity contribution in [2.24, 2.45) is 5.92 Å². The van der Waals surface area contributed by atoms with Crippen LogP contribution in [-0.2, 0) is 6.18 Å². The number of rotatable bonds is 5. The third-order valence-electron chi connectivity index (χ3n) is 6.80. The Kier molecular flexibility index (Phi) is 6.77. The van der Waals surface area contributed by atoms with Gasteiger partial charge < -0.3 is 5.32 Å². The van der Waals surface area contributed by atoms with Gasteiger partial charge in [0.1, 0.15) is 0 Å². The number of carbonyl (C=O) groups excluding carboxylic acids is 1. The molecule has 4 aromatic rings. The molecule has 1 aromatic heterocycles. The summed E-state index contributed by atoms with van der Waals surface area (Å²) >= 11 is 7.71. The lowest BCUT2D eigenvalue weighted by Crippen LogP contribution is -2.26. The Labute approximate surface area is 216 Å². The summed E-state index contributed by atoms with van der Waals surface area (Å²) in [5, 5.41) is 6.20. The van der Waals surface area contributed by atoms with Crippen LogP contribution in [0.4, 0.5) is 13.2 Å². The molecule has 3 aromatic carbocycles. The highest BCUT2D eigenvalue weighted by molar-refractivity contribution is 7.10. The molecule has 2 nitrogen and oxygen atoms in total. The standard InChI is InChI=1S/C29H23ClF3NOS/c1-17-4-6-20(7-5-17)28(35)25-24(23-3-2-16-36-23)26(19-10-14-22(30)15-11-19)34-27(25)18-8-12-21(13-9-18)29(31,32)33/h2-16,24-27,34H,1H3/t24-,25-,26+,27-/m1/s1. The minimum absolute atomic E-state index is 0.0396. The van der Waals surface area contributed by atoms with E-state index in [0.29, 0.717) is 16.1 Å². The predicted octanol–water partition coefficient (Wildman–Crippen LogP) is 8.40. The number of hydrogen-bond acceptors (Lipinski definition) is 3. The first-order valence-electron chi connectivity index (χ1n) is 11.6. The van der Waals surface area contributed by atoms with Crippen LogP contribution in [0.1, 0.15) is 55.5 Å². The van der Waals surface area contributed by atoms with E-state index in [0.717, 1.165) is 28.1 Å². The van der Waals surface area contributed by atoms with E-state index >= 15 is 0 Å². The second kappa shape index (κ2) is 9.85. The van der Waals surface area contributed by atoms with Gasteiger partial charge in [-0.25, -0.2) is 0 Å². The fourth-order valence-corrected chi connectivity index (χ4v) is 6.06. The summed E-state index contributed by atoms with van der Waals surface area (Å²) in [7, 11) is 0. The first kappa shape index (κ1) is 24.8. The molecule has 0 radical (unpaired) electrons. The Morgan fingerprint density at radius 3 is 2.06 bits per heavy atom. The van der Waals surface area contributed by atoms with E-state index in [-0.39, 0.29) is 17.7 Å². The number of halogens is 4. The Morgan fingerprint density at radius 1 is 0.861 bits per heavy atom. The number of ketones is 1. The highest BCUT2D eigenvalue weighted by Gasteiger charge is 2.49. The van der Waals surface area contributed by atoms with Gasteiger partial charge >= 0.3 is 6.18 Å². The first-order valence-corrected chi connectivity index (χ1v) is 12.8. The maximum absolute atomic E-state index is 14.1. The monoisotopic (exact) mass is 525 g/mol. The average molecular weight is 526 g/mol. The lowest BCUT2D eigenvalue weighted by atomic mass is 9.77. The number of alkyl halides is 3. The molecule has 4 atom stereocenters. The van der Waals surface area contributed by atoms with Crippen molar-refractivity contribution in [1.82, 2.24) is 5.32 Å². The smallest absolute Gasteiger partial charge is 0.302 e. The van der Waals surface area contributed by atoms with Crippen LogP contribution >= 0.6 is 22.9 Å². The summed E-state index contributed by atoms with van der Waals surface area (Å²) in [5.41, 5.74) is 2.53. The molecule has 0 bridgehead atoms. The fraction of sp³-hybridized carbons (Fsp3) is 0.207. The van der Waals surface area contributed by atoms with Crippen LogP contribution < -0.4 is 5.32 Å². The SMILES string of the molecule is Cc1ccc(C(=O)[C@@H]2[C@@H](c3cccs3)[C@H](c3ccc(Cl)cc3)N[C@@H]2c2ccc(C(F)(F)F)cc2)cc1. The fourth-order valence-electron chi connectivity index (χ4n) is 5.02. The number of Topliss-reactive ketones (excluding diaryl/α,β-unsaturated/α-hetero) is 1. The van der Waals surface area contributed by atoms with Gasteiger partial charge in [0.15, 0.2) is 5.78 Å². The molecule has 1 aliphatic heterocycles. The van der Waals surface area contributed by atoms with E-state index in [1.165, 1.54) is 12.1 Å². The molecule has 0 amide bonds. The van der Waals surface area contributed by atoms with E-state index in [1.807, 2.05) is 73.0 Å². The Bertz CT molecular complexity index is 1330. The average Bonchev–Trinajstić information content (AvgIpc) is 3.52. The van der Waals surface area contributed by atoms with Crippen molar-refractivity contribution in [2.45, 2.75) is 31.1 Å². The van der Waals surface area contributed by atoms with Gasteiger partial charge in [-0.2, -0.15) is 13.2 Å². The van der Waals surface area contributed by atoms with E-state index in [1.54, 1.807) is 11.3 Å². The molecule has 1 N–H and O–H groups in total. The van der Waals surface area contributed by atoms with Gasteiger partial charge in [0, 0.05) is 33.5 Å². The van der Waals surface area contributed by atoms with Crippen LogP contribution in [0.2, 0.25) is 5.02 Å². The molecule has 0 unspecified atom stereocenters. The van der Waals surface area contributed by atoms with Gasteiger partial charge in [-0.05, 0) is 53.8 Å². The Hall–Kier alpha value is -2.93. The van der Waals surface area contributed by atoms with E-state index in [4.69, 9.17) is 11.6 Å². The van der Waals surface area contributed by atoms with Crippen molar-refractivity contribution < 1.29 is 18.0 Å². The molecular formula is C29H23ClF3NOS. The number of hydrogen-bond donors (Lipinski definition) is 1. The maximum Gasteiger partial charge on any atom is 0.416 e. The quantitative estimate of drug-likeness (QED) is 0.265. The molecule has 7 heteroatoms. The third-order valence-corrected chi connectivity index (χ3v) is 8.03. The van der Waals surface area contributed by atoms with E-state index < -0.39 is 23.7 Å². The van der Waals surface area contributed by atoms with Crippen molar-refractivity contribution in [1.29, 1.82) is 0 Å². The summed E-state index contributed by atoms with van der Waals surface area (Å²) in [6, 6.07) is 23.3. The highest BCUT2D eigenvalue weighted by Crippen LogP contribution is 2.52. The minimum atomic E-state index is -4.43. The topological polar surface area (TPSA) is 29.1 Å². The van der Waals surface area contributed by atoms with Crippen molar-refractivity contribution in [2.75, 3.05) is 0 Å². The van der Waals surface area contributed by atoms with Gasteiger partial charge in [0.2, 0.25) is 0 Å². The summed E-state index contributed by atoms with van der Waals surface area (Å²) < 4.78 is 39.7. The summed E-state index contributed by atoms with van der Waals surface area (Å²) in [6.07, 6.45) is -4.43. The third kappa shape index (κ3) is 4.85. The minimum Gasteiger partial charge on any atom is -0.302 e. The zero-order chi connectivity index (χ0) is 25.4. The van der Waals surface area contributed by atoms with Gasteiger partial charge in [-0.1, -0.05) is 71.8 Å². The predicted molar refractivity (Wildman–Crippen MR) is 138 cm³/mol. The normalized spacial score (nSPS) is 22.0. The van der Waals surface area contributed by atoms with Gasteiger partial charge in [-0.15, -0.1) is 11.3 Å². The lowest BCUT2D eigenvalue weighted by molar-refractivity contribution is -0.137. The molecule has 1 fully saturated rings. The zero-order valence-corrected chi connectivity index (χ0v) is 20.9. The number of aryl methyl sites for hydroxylation is 1. The first-order chi connectivity index (χ1) is 17.2. The highest BCUT2D eigenvalue weighted by atomic mass is 35.5.